The molecular weight excluding hydrogens is 250 g/mol. The fourth-order valence-electron chi connectivity index (χ4n) is 1.38. The number of rotatable bonds is 4. The lowest BCUT2D eigenvalue weighted by molar-refractivity contribution is 0.0702. The number of thiazole rings is 1. The van der Waals surface area contributed by atoms with E-state index < -0.39 is 5.97 Å². The van der Waals surface area contributed by atoms with Crippen molar-refractivity contribution in [3.8, 4) is 6.07 Å². The van der Waals surface area contributed by atoms with E-state index in [1.807, 2.05) is 6.07 Å². The van der Waals surface area contributed by atoms with Crippen molar-refractivity contribution in [2.45, 2.75) is 6.54 Å². The van der Waals surface area contributed by atoms with E-state index in [4.69, 9.17) is 10.4 Å². The molecule has 0 radical (unpaired) electrons. The fourth-order valence-corrected chi connectivity index (χ4v) is 2.03. The topological polar surface area (TPSA) is 86.0 Å². The first-order chi connectivity index (χ1) is 8.69. The van der Waals surface area contributed by atoms with Crippen molar-refractivity contribution >= 4 is 22.4 Å². The first-order valence-electron chi connectivity index (χ1n) is 5.11. The van der Waals surface area contributed by atoms with Crippen LogP contribution >= 0.6 is 11.3 Å². The van der Waals surface area contributed by atoms with Gasteiger partial charge < -0.3 is 10.4 Å². The van der Waals surface area contributed by atoms with Crippen molar-refractivity contribution in [1.29, 1.82) is 5.26 Å². The average Bonchev–Trinajstić information content (AvgIpc) is 2.85. The Morgan fingerprint density at radius 2 is 2.39 bits per heavy atom. The van der Waals surface area contributed by atoms with Crippen molar-refractivity contribution in [3.63, 3.8) is 0 Å². The predicted molar refractivity (Wildman–Crippen MR) is 67.6 cm³/mol. The van der Waals surface area contributed by atoms with E-state index in [0.717, 1.165) is 16.9 Å². The number of anilines is 1. The van der Waals surface area contributed by atoms with E-state index in [0.29, 0.717) is 17.2 Å². The molecule has 0 aliphatic heterocycles. The summed E-state index contributed by atoms with van der Waals surface area (Å²) in [5.41, 5.74) is 1.54. The van der Waals surface area contributed by atoms with Gasteiger partial charge in [0.25, 0.3) is 0 Å². The maximum atomic E-state index is 10.7. The molecule has 0 unspecified atom stereocenters. The summed E-state index contributed by atoms with van der Waals surface area (Å²) in [6.07, 6.45) is 1.32. The molecule has 6 heteroatoms. The first-order valence-corrected chi connectivity index (χ1v) is 5.93. The van der Waals surface area contributed by atoms with E-state index in [2.05, 4.69) is 16.4 Å². The molecule has 1 heterocycles. The third-order valence-corrected chi connectivity index (χ3v) is 3.16. The van der Waals surface area contributed by atoms with Crippen LogP contribution in [-0.4, -0.2) is 16.1 Å². The second kappa shape index (κ2) is 5.29. The highest BCUT2D eigenvalue weighted by Gasteiger charge is 2.07. The maximum Gasteiger partial charge on any atom is 0.347 e. The molecule has 0 aliphatic carbocycles. The Kier molecular flexibility index (Phi) is 3.55. The maximum absolute atomic E-state index is 10.7. The van der Waals surface area contributed by atoms with Crippen LogP contribution in [0, 0.1) is 11.3 Å². The van der Waals surface area contributed by atoms with Gasteiger partial charge in [-0.15, -0.1) is 0 Å². The summed E-state index contributed by atoms with van der Waals surface area (Å²) in [5, 5.41) is 21.1. The molecule has 0 amide bonds. The molecule has 2 N–H and O–H groups in total. The molecule has 0 spiro atoms. The molecule has 2 aromatic rings. The Morgan fingerprint density at radius 3 is 3.06 bits per heavy atom. The fraction of sp³-hybridized carbons (Fsp3) is 0.0833. The van der Waals surface area contributed by atoms with Crippen LogP contribution in [0.3, 0.4) is 0 Å². The molecule has 0 atom stereocenters. The number of carboxylic acids is 1. The normalized spacial score (nSPS) is 9.72. The first kappa shape index (κ1) is 12.1. The van der Waals surface area contributed by atoms with Crippen LogP contribution in [0.4, 0.5) is 5.13 Å². The largest absolute Gasteiger partial charge is 0.477 e. The van der Waals surface area contributed by atoms with Crippen LogP contribution in [0.5, 0.6) is 0 Å². The number of carbonyl (C=O) groups is 1. The molecule has 0 saturated carbocycles. The zero-order valence-electron chi connectivity index (χ0n) is 9.25. The third kappa shape index (κ3) is 2.84. The van der Waals surface area contributed by atoms with Crippen LogP contribution in [0.25, 0.3) is 0 Å². The molecule has 1 aromatic heterocycles. The Hall–Kier alpha value is -2.39. The van der Waals surface area contributed by atoms with Gasteiger partial charge in [0.15, 0.2) is 5.13 Å². The van der Waals surface area contributed by atoms with E-state index >= 15 is 0 Å². The van der Waals surface area contributed by atoms with Gasteiger partial charge in [0.1, 0.15) is 4.88 Å². The number of nitrogens with one attached hydrogen (secondary N) is 1. The zero-order valence-corrected chi connectivity index (χ0v) is 10.1. The minimum absolute atomic E-state index is 0.197. The number of hydrogen-bond acceptors (Lipinski definition) is 5. The number of nitrogens with zero attached hydrogens (tertiary/aromatic N) is 2. The van der Waals surface area contributed by atoms with E-state index in [9.17, 15) is 4.79 Å². The SMILES string of the molecule is N#Cc1cccc(CNc2ncc(C(=O)O)s2)c1. The van der Waals surface area contributed by atoms with Gasteiger partial charge in [-0.25, -0.2) is 9.78 Å². The van der Waals surface area contributed by atoms with Crippen LogP contribution in [-0.2, 0) is 6.54 Å². The number of hydrogen-bond donors (Lipinski definition) is 2. The predicted octanol–water partition coefficient (Wildman–Crippen LogP) is 2.33. The Bertz CT molecular complexity index is 616. The van der Waals surface area contributed by atoms with Crippen molar-refractivity contribution < 1.29 is 9.90 Å². The van der Waals surface area contributed by atoms with Gasteiger partial charge in [0.2, 0.25) is 0 Å². The second-order valence-corrected chi connectivity index (χ2v) is 4.53. The lowest BCUT2D eigenvalue weighted by atomic mass is 10.1. The highest BCUT2D eigenvalue weighted by atomic mass is 32.1. The van der Waals surface area contributed by atoms with Gasteiger partial charge in [-0.3, -0.25) is 0 Å². The molecule has 18 heavy (non-hydrogen) atoms. The van der Waals surface area contributed by atoms with Gasteiger partial charge in [0, 0.05) is 6.54 Å². The van der Waals surface area contributed by atoms with Gasteiger partial charge in [-0.1, -0.05) is 23.5 Å². The van der Waals surface area contributed by atoms with Crippen LogP contribution in [0.1, 0.15) is 20.8 Å². The van der Waals surface area contributed by atoms with Gasteiger partial charge >= 0.3 is 5.97 Å². The number of carboxylic acid groups (broad SMARTS) is 1. The van der Waals surface area contributed by atoms with Gasteiger partial charge in [0.05, 0.1) is 17.8 Å². The standard InChI is InChI=1S/C12H9N3O2S/c13-5-8-2-1-3-9(4-8)6-14-12-15-7-10(18-12)11(16)17/h1-4,7H,6H2,(H,14,15)(H,16,17). The molecule has 0 saturated heterocycles. The van der Waals surface area contributed by atoms with Crippen LogP contribution in [0.2, 0.25) is 0 Å². The average molecular weight is 259 g/mol. The molecule has 5 nitrogen and oxygen atoms in total. The lowest BCUT2D eigenvalue weighted by Gasteiger charge is -2.02. The molecule has 0 aliphatic rings. The molecular formula is C12H9N3O2S. The summed E-state index contributed by atoms with van der Waals surface area (Å²) < 4.78 is 0. The van der Waals surface area contributed by atoms with E-state index in [-0.39, 0.29) is 4.88 Å². The minimum atomic E-state index is -0.980. The monoisotopic (exact) mass is 259 g/mol. The summed E-state index contributed by atoms with van der Waals surface area (Å²) >= 11 is 1.08. The zero-order chi connectivity index (χ0) is 13.0. The number of aromatic nitrogens is 1. The Morgan fingerprint density at radius 1 is 1.56 bits per heavy atom. The van der Waals surface area contributed by atoms with Crippen molar-refractivity contribution in [2.24, 2.45) is 0 Å². The molecule has 90 valence electrons. The van der Waals surface area contributed by atoms with Gasteiger partial charge in [-0.2, -0.15) is 5.26 Å². The number of aromatic carboxylic acids is 1. The highest BCUT2D eigenvalue weighted by molar-refractivity contribution is 7.17. The highest BCUT2D eigenvalue weighted by Crippen LogP contribution is 2.18. The lowest BCUT2D eigenvalue weighted by Crippen LogP contribution is -1.98. The van der Waals surface area contributed by atoms with Gasteiger partial charge in [-0.05, 0) is 17.7 Å². The Balaban J connectivity index is 2.02. The van der Waals surface area contributed by atoms with Crippen molar-refractivity contribution in [1.82, 2.24) is 4.98 Å². The quantitative estimate of drug-likeness (QED) is 0.880. The number of nitriles is 1. The summed E-state index contributed by atoms with van der Waals surface area (Å²) in [4.78, 5) is 14.8. The van der Waals surface area contributed by atoms with Crippen molar-refractivity contribution in [3.05, 3.63) is 46.5 Å². The van der Waals surface area contributed by atoms with E-state index in [1.54, 1.807) is 18.2 Å². The summed E-state index contributed by atoms with van der Waals surface area (Å²) in [7, 11) is 0. The third-order valence-electron chi connectivity index (χ3n) is 2.22. The second-order valence-electron chi connectivity index (χ2n) is 3.50. The Labute approximate surface area is 107 Å². The summed E-state index contributed by atoms with van der Waals surface area (Å²) in [6, 6.07) is 9.27. The molecule has 2 rings (SSSR count). The summed E-state index contributed by atoms with van der Waals surface area (Å²) in [5.74, 6) is -0.980. The molecule has 0 bridgehead atoms. The number of benzene rings is 1. The molecule has 0 fully saturated rings. The summed E-state index contributed by atoms with van der Waals surface area (Å²) in [6.45, 7) is 0.502. The smallest absolute Gasteiger partial charge is 0.347 e. The van der Waals surface area contributed by atoms with Crippen molar-refractivity contribution in [2.75, 3.05) is 5.32 Å². The van der Waals surface area contributed by atoms with E-state index in [1.165, 1.54) is 6.20 Å². The minimum Gasteiger partial charge on any atom is -0.477 e. The molecule has 1 aromatic carbocycles. The van der Waals surface area contributed by atoms with Crippen LogP contribution in [0.15, 0.2) is 30.5 Å². The van der Waals surface area contributed by atoms with Crippen LogP contribution < -0.4 is 5.32 Å².